The van der Waals surface area contributed by atoms with Crippen molar-refractivity contribution in [3.05, 3.63) is 75.3 Å². The number of hydrogen-bond acceptors (Lipinski definition) is 5. The number of imide groups is 1. The molecule has 8 heteroatoms. The minimum Gasteiger partial charge on any atom is -0.322 e. The smallest absolute Gasteiger partial charge is 0.269 e. The number of nitro benzene ring substituents is 1. The molecule has 0 atom stereocenters. The predicted octanol–water partition coefficient (Wildman–Crippen LogP) is 2.47. The minimum atomic E-state index is -0.502. The molecule has 1 heterocycles. The second-order valence-electron chi connectivity index (χ2n) is 5.60. The molecule has 0 radical (unpaired) electrons. The first kappa shape index (κ1) is 17.0. The van der Waals surface area contributed by atoms with E-state index in [1.54, 1.807) is 6.07 Å². The SMILES string of the molecule is CN1C(=O)c2ccc(NC(=O)C=Cc3ccc([N+](=O)[O-])cc3)cc2C1=O. The van der Waals surface area contributed by atoms with Crippen molar-refractivity contribution >= 4 is 35.2 Å². The summed E-state index contributed by atoms with van der Waals surface area (Å²) in [5.74, 6) is -1.23. The van der Waals surface area contributed by atoms with Gasteiger partial charge in [-0.25, -0.2) is 0 Å². The number of carbonyl (C=O) groups excluding carboxylic acids is 3. The number of fused-ring (bicyclic) bond motifs is 1. The molecule has 0 aliphatic carbocycles. The minimum absolute atomic E-state index is 0.0334. The van der Waals surface area contributed by atoms with E-state index in [1.807, 2.05) is 0 Å². The number of amides is 3. The summed E-state index contributed by atoms with van der Waals surface area (Å²) in [4.78, 5) is 46.9. The van der Waals surface area contributed by atoms with Crippen molar-refractivity contribution < 1.29 is 19.3 Å². The van der Waals surface area contributed by atoms with E-state index in [9.17, 15) is 24.5 Å². The summed E-state index contributed by atoms with van der Waals surface area (Å²) in [5, 5.41) is 13.2. The Balaban J connectivity index is 1.70. The molecule has 1 N–H and O–H groups in total. The Morgan fingerprint density at radius 2 is 1.73 bits per heavy atom. The van der Waals surface area contributed by atoms with Gasteiger partial charge in [0.05, 0.1) is 16.1 Å². The molecule has 26 heavy (non-hydrogen) atoms. The van der Waals surface area contributed by atoms with Crippen LogP contribution in [0.3, 0.4) is 0 Å². The maximum Gasteiger partial charge on any atom is 0.269 e. The van der Waals surface area contributed by atoms with Crippen LogP contribution in [0, 0.1) is 10.1 Å². The third-order valence-corrected chi connectivity index (χ3v) is 3.89. The fourth-order valence-corrected chi connectivity index (χ4v) is 2.50. The third kappa shape index (κ3) is 3.20. The second-order valence-corrected chi connectivity index (χ2v) is 5.60. The summed E-state index contributed by atoms with van der Waals surface area (Å²) in [6.07, 6.45) is 2.78. The van der Waals surface area contributed by atoms with Crippen molar-refractivity contribution in [2.75, 3.05) is 12.4 Å². The molecular formula is C18H13N3O5. The maximum absolute atomic E-state index is 12.0. The molecule has 8 nitrogen and oxygen atoms in total. The van der Waals surface area contributed by atoms with E-state index in [1.165, 1.54) is 55.6 Å². The molecule has 2 aromatic carbocycles. The van der Waals surface area contributed by atoms with Crippen LogP contribution in [0.15, 0.2) is 48.5 Å². The van der Waals surface area contributed by atoms with Crippen LogP contribution < -0.4 is 5.32 Å². The van der Waals surface area contributed by atoms with Crippen molar-refractivity contribution in [3.8, 4) is 0 Å². The lowest BCUT2D eigenvalue weighted by atomic mass is 10.1. The van der Waals surface area contributed by atoms with Gasteiger partial charge in [0, 0.05) is 30.9 Å². The Bertz CT molecular complexity index is 963. The summed E-state index contributed by atoms with van der Waals surface area (Å²) in [5.41, 5.74) is 1.53. The quantitative estimate of drug-likeness (QED) is 0.394. The van der Waals surface area contributed by atoms with Crippen LogP contribution in [0.4, 0.5) is 11.4 Å². The fourth-order valence-electron chi connectivity index (χ4n) is 2.50. The molecule has 0 aromatic heterocycles. The van der Waals surface area contributed by atoms with Crippen LogP contribution >= 0.6 is 0 Å². The highest BCUT2D eigenvalue weighted by atomic mass is 16.6. The first-order chi connectivity index (χ1) is 12.4. The molecule has 2 aromatic rings. The summed E-state index contributed by atoms with van der Waals surface area (Å²) in [6, 6.07) is 10.2. The van der Waals surface area contributed by atoms with Crippen LogP contribution in [0.2, 0.25) is 0 Å². The van der Waals surface area contributed by atoms with Gasteiger partial charge in [-0.3, -0.25) is 29.4 Å². The van der Waals surface area contributed by atoms with Gasteiger partial charge in [-0.15, -0.1) is 0 Å². The molecule has 0 spiro atoms. The van der Waals surface area contributed by atoms with Crippen molar-refractivity contribution in [1.82, 2.24) is 4.90 Å². The molecule has 130 valence electrons. The van der Waals surface area contributed by atoms with E-state index >= 15 is 0 Å². The largest absolute Gasteiger partial charge is 0.322 e. The molecule has 1 aliphatic heterocycles. The standard InChI is InChI=1S/C18H13N3O5/c1-20-17(23)14-8-5-12(10-15(14)18(20)24)19-16(22)9-4-11-2-6-13(7-3-11)21(25)26/h2-10H,1H3,(H,19,22). The highest BCUT2D eigenvalue weighted by Crippen LogP contribution is 2.24. The number of hydrogen-bond donors (Lipinski definition) is 1. The molecule has 0 unspecified atom stereocenters. The van der Waals surface area contributed by atoms with Crippen LogP contribution in [-0.2, 0) is 4.79 Å². The van der Waals surface area contributed by atoms with Gasteiger partial charge in [0.25, 0.3) is 17.5 Å². The van der Waals surface area contributed by atoms with Gasteiger partial charge >= 0.3 is 0 Å². The van der Waals surface area contributed by atoms with Gasteiger partial charge in [-0.2, -0.15) is 0 Å². The van der Waals surface area contributed by atoms with Crippen molar-refractivity contribution in [1.29, 1.82) is 0 Å². The van der Waals surface area contributed by atoms with E-state index in [2.05, 4.69) is 5.32 Å². The summed E-state index contributed by atoms with van der Waals surface area (Å²) in [7, 11) is 1.40. The highest BCUT2D eigenvalue weighted by Gasteiger charge is 2.32. The van der Waals surface area contributed by atoms with Gasteiger partial charge < -0.3 is 5.32 Å². The molecular weight excluding hydrogens is 338 g/mol. The van der Waals surface area contributed by atoms with E-state index in [0.29, 0.717) is 16.8 Å². The Hall–Kier alpha value is -3.81. The zero-order valence-electron chi connectivity index (χ0n) is 13.6. The number of nitrogens with one attached hydrogen (secondary N) is 1. The number of nitro groups is 1. The Morgan fingerprint density at radius 1 is 1.08 bits per heavy atom. The summed E-state index contributed by atoms with van der Waals surface area (Å²) < 4.78 is 0. The maximum atomic E-state index is 12.0. The van der Waals surface area contributed by atoms with E-state index in [0.717, 1.165) is 4.90 Å². The zero-order valence-corrected chi connectivity index (χ0v) is 13.6. The van der Waals surface area contributed by atoms with Crippen LogP contribution in [-0.4, -0.2) is 34.6 Å². The summed E-state index contributed by atoms with van der Waals surface area (Å²) in [6.45, 7) is 0. The first-order valence-electron chi connectivity index (χ1n) is 7.57. The van der Waals surface area contributed by atoms with Gasteiger partial charge in [0.1, 0.15) is 0 Å². The van der Waals surface area contributed by atoms with Crippen LogP contribution in [0.25, 0.3) is 6.08 Å². The van der Waals surface area contributed by atoms with Gasteiger partial charge in [-0.05, 0) is 42.0 Å². The number of non-ortho nitro benzene ring substituents is 1. The summed E-state index contributed by atoms with van der Waals surface area (Å²) >= 11 is 0. The van der Waals surface area contributed by atoms with Gasteiger partial charge in [0.15, 0.2) is 0 Å². The molecule has 0 saturated heterocycles. The predicted molar refractivity (Wildman–Crippen MR) is 93.6 cm³/mol. The lowest BCUT2D eigenvalue weighted by Gasteiger charge is -2.04. The lowest BCUT2D eigenvalue weighted by molar-refractivity contribution is -0.384. The molecule has 1 aliphatic rings. The topological polar surface area (TPSA) is 110 Å². The van der Waals surface area contributed by atoms with E-state index < -0.39 is 16.7 Å². The molecule has 3 rings (SSSR count). The van der Waals surface area contributed by atoms with Crippen molar-refractivity contribution in [3.63, 3.8) is 0 Å². The molecule has 0 saturated carbocycles. The van der Waals surface area contributed by atoms with Crippen molar-refractivity contribution in [2.45, 2.75) is 0 Å². The monoisotopic (exact) mass is 351 g/mol. The van der Waals surface area contributed by atoms with Crippen LogP contribution in [0.5, 0.6) is 0 Å². The average molecular weight is 351 g/mol. The normalized spacial score (nSPS) is 13.2. The van der Waals surface area contributed by atoms with Gasteiger partial charge in [-0.1, -0.05) is 0 Å². The Kier molecular flexibility index (Phi) is 4.32. The molecule has 0 fully saturated rings. The molecule has 0 bridgehead atoms. The number of benzene rings is 2. The van der Waals surface area contributed by atoms with Crippen molar-refractivity contribution in [2.24, 2.45) is 0 Å². The second kappa shape index (κ2) is 6.60. The van der Waals surface area contributed by atoms with Gasteiger partial charge in [0.2, 0.25) is 5.91 Å². The van der Waals surface area contributed by atoms with E-state index in [4.69, 9.17) is 0 Å². The lowest BCUT2D eigenvalue weighted by Crippen LogP contribution is -2.24. The number of nitrogens with zero attached hydrogens (tertiary/aromatic N) is 2. The number of carbonyl (C=O) groups is 3. The Labute approximate surface area is 147 Å². The number of rotatable bonds is 4. The highest BCUT2D eigenvalue weighted by molar-refractivity contribution is 6.21. The van der Waals surface area contributed by atoms with Crippen LogP contribution in [0.1, 0.15) is 26.3 Å². The number of anilines is 1. The first-order valence-corrected chi connectivity index (χ1v) is 7.57. The third-order valence-electron chi connectivity index (χ3n) is 3.89. The molecule has 3 amide bonds. The zero-order chi connectivity index (χ0) is 18.8. The average Bonchev–Trinajstić information content (AvgIpc) is 2.84. The fraction of sp³-hybridized carbons (Fsp3) is 0.0556. The Morgan fingerprint density at radius 3 is 2.38 bits per heavy atom. The van der Waals surface area contributed by atoms with E-state index in [-0.39, 0.29) is 17.2 Å².